The number of benzene rings is 2. The van der Waals surface area contributed by atoms with Gasteiger partial charge in [-0.15, -0.1) is 0 Å². The molecule has 27 heavy (non-hydrogen) atoms. The number of rotatable bonds is 7. The van der Waals surface area contributed by atoms with Crippen LogP contribution in [0.1, 0.15) is 11.1 Å². The van der Waals surface area contributed by atoms with E-state index in [0.717, 1.165) is 0 Å². The van der Waals surface area contributed by atoms with Gasteiger partial charge in [-0.05, 0) is 41.5 Å². The summed E-state index contributed by atoms with van der Waals surface area (Å²) in [6.45, 7) is 0. The SMILES string of the molecule is COc1ccc(/C(C#N)=C\c2cc(OC)c(OC)c(OC)c2)cc1[N+](=O)[O-]. The number of nitriles is 1. The fraction of sp³-hybridized carbons (Fsp3) is 0.211. The van der Waals surface area contributed by atoms with Crippen molar-refractivity contribution < 1.29 is 23.9 Å². The molecule has 0 unspecified atom stereocenters. The molecule has 0 bridgehead atoms. The van der Waals surface area contributed by atoms with Crippen LogP contribution in [-0.2, 0) is 0 Å². The largest absolute Gasteiger partial charge is 0.493 e. The Morgan fingerprint density at radius 1 is 1.00 bits per heavy atom. The van der Waals surface area contributed by atoms with Gasteiger partial charge in [0.25, 0.3) is 0 Å². The topological polar surface area (TPSA) is 104 Å². The predicted molar refractivity (Wildman–Crippen MR) is 99.2 cm³/mol. The van der Waals surface area contributed by atoms with Crippen LogP contribution in [0.3, 0.4) is 0 Å². The molecule has 0 radical (unpaired) electrons. The number of allylic oxidation sites excluding steroid dienone is 1. The second kappa shape index (κ2) is 8.58. The normalized spacial score (nSPS) is 10.7. The minimum atomic E-state index is -0.559. The molecule has 0 heterocycles. The van der Waals surface area contributed by atoms with Gasteiger partial charge in [0.15, 0.2) is 17.2 Å². The molecule has 2 aromatic rings. The molecule has 0 fully saturated rings. The standard InChI is InChI=1S/C19H18N2O6/c1-24-16-6-5-13(10-15(16)21(22)23)14(11-20)7-12-8-17(25-2)19(27-4)18(9-12)26-3/h5-10H,1-4H3/b14-7-. The molecule has 2 rings (SSSR count). The van der Waals surface area contributed by atoms with Crippen molar-refractivity contribution >= 4 is 17.3 Å². The minimum Gasteiger partial charge on any atom is -0.493 e. The first-order valence-electron chi connectivity index (χ1n) is 7.73. The second-order valence-corrected chi connectivity index (χ2v) is 5.27. The van der Waals surface area contributed by atoms with E-state index in [-0.39, 0.29) is 17.0 Å². The van der Waals surface area contributed by atoms with E-state index in [2.05, 4.69) is 6.07 Å². The van der Waals surface area contributed by atoms with E-state index in [1.54, 1.807) is 24.3 Å². The van der Waals surface area contributed by atoms with Crippen LogP contribution in [0.5, 0.6) is 23.0 Å². The Labute approximate surface area is 156 Å². The third kappa shape index (κ3) is 4.10. The number of nitrogens with zero attached hydrogens (tertiary/aromatic N) is 2. The highest BCUT2D eigenvalue weighted by Crippen LogP contribution is 2.39. The van der Waals surface area contributed by atoms with E-state index >= 15 is 0 Å². The van der Waals surface area contributed by atoms with Crippen molar-refractivity contribution in [3.63, 3.8) is 0 Å². The Hall–Kier alpha value is -3.73. The molecule has 0 amide bonds. The first-order valence-corrected chi connectivity index (χ1v) is 7.73. The van der Waals surface area contributed by atoms with Gasteiger partial charge >= 0.3 is 5.69 Å². The van der Waals surface area contributed by atoms with Crippen LogP contribution < -0.4 is 18.9 Å². The summed E-state index contributed by atoms with van der Waals surface area (Å²) in [6, 6.07) is 9.75. The van der Waals surface area contributed by atoms with Crippen molar-refractivity contribution in [2.75, 3.05) is 28.4 Å². The number of hydrogen-bond acceptors (Lipinski definition) is 7. The third-order valence-electron chi connectivity index (χ3n) is 3.81. The number of nitro groups is 1. The number of nitro benzene ring substituents is 1. The van der Waals surface area contributed by atoms with Crippen molar-refractivity contribution in [3.8, 4) is 29.1 Å². The Morgan fingerprint density at radius 3 is 2.04 bits per heavy atom. The molecule has 0 aliphatic carbocycles. The quantitative estimate of drug-likeness (QED) is 0.317. The summed E-state index contributed by atoms with van der Waals surface area (Å²) < 4.78 is 20.9. The van der Waals surface area contributed by atoms with E-state index in [0.29, 0.717) is 28.4 Å². The Kier molecular flexibility index (Phi) is 6.23. The van der Waals surface area contributed by atoms with E-state index in [4.69, 9.17) is 18.9 Å². The van der Waals surface area contributed by atoms with Gasteiger partial charge < -0.3 is 18.9 Å². The summed E-state index contributed by atoms with van der Waals surface area (Å²) in [4.78, 5) is 10.7. The molecular formula is C19H18N2O6. The molecule has 0 saturated heterocycles. The average Bonchev–Trinajstić information content (AvgIpc) is 2.70. The van der Waals surface area contributed by atoms with Crippen LogP contribution in [0.25, 0.3) is 11.6 Å². The first kappa shape index (κ1) is 19.6. The Morgan fingerprint density at radius 2 is 1.59 bits per heavy atom. The van der Waals surface area contributed by atoms with Crippen LogP contribution in [0.2, 0.25) is 0 Å². The lowest BCUT2D eigenvalue weighted by atomic mass is 10.0. The zero-order chi connectivity index (χ0) is 20.0. The van der Waals surface area contributed by atoms with Gasteiger partial charge in [0.05, 0.1) is 45.0 Å². The summed E-state index contributed by atoms with van der Waals surface area (Å²) in [5.74, 6) is 1.41. The summed E-state index contributed by atoms with van der Waals surface area (Å²) in [5, 5.41) is 20.8. The number of ether oxygens (including phenoxy) is 4. The zero-order valence-corrected chi connectivity index (χ0v) is 15.3. The maximum atomic E-state index is 11.2. The molecule has 0 aliphatic heterocycles. The lowest BCUT2D eigenvalue weighted by Crippen LogP contribution is -1.96. The molecule has 0 aliphatic rings. The zero-order valence-electron chi connectivity index (χ0n) is 15.3. The molecular weight excluding hydrogens is 352 g/mol. The molecule has 2 aromatic carbocycles. The number of methoxy groups -OCH3 is 4. The van der Waals surface area contributed by atoms with Gasteiger partial charge in [0.2, 0.25) is 5.75 Å². The summed E-state index contributed by atoms with van der Waals surface area (Å²) in [6.07, 6.45) is 1.58. The smallest absolute Gasteiger partial charge is 0.311 e. The van der Waals surface area contributed by atoms with Gasteiger partial charge in [-0.1, -0.05) is 0 Å². The van der Waals surface area contributed by atoms with E-state index in [9.17, 15) is 15.4 Å². The molecule has 0 aromatic heterocycles. The average molecular weight is 370 g/mol. The van der Waals surface area contributed by atoms with Crippen LogP contribution in [0.4, 0.5) is 5.69 Å². The van der Waals surface area contributed by atoms with Gasteiger partial charge in [-0.3, -0.25) is 10.1 Å². The van der Waals surface area contributed by atoms with Gasteiger partial charge in [0.1, 0.15) is 0 Å². The van der Waals surface area contributed by atoms with Crippen LogP contribution >= 0.6 is 0 Å². The van der Waals surface area contributed by atoms with Crippen molar-refractivity contribution in [1.29, 1.82) is 5.26 Å². The van der Waals surface area contributed by atoms with E-state index in [1.807, 2.05) is 0 Å². The molecule has 8 heteroatoms. The fourth-order valence-electron chi connectivity index (χ4n) is 2.53. The lowest BCUT2D eigenvalue weighted by Gasteiger charge is -2.13. The number of hydrogen-bond donors (Lipinski definition) is 0. The maximum absolute atomic E-state index is 11.2. The third-order valence-corrected chi connectivity index (χ3v) is 3.81. The summed E-state index contributed by atoms with van der Waals surface area (Å²) in [7, 11) is 5.82. The first-order chi connectivity index (χ1) is 13.0. The van der Waals surface area contributed by atoms with Crippen molar-refractivity contribution in [2.24, 2.45) is 0 Å². The Bertz CT molecular complexity index is 905. The highest BCUT2D eigenvalue weighted by Gasteiger charge is 2.17. The highest BCUT2D eigenvalue weighted by atomic mass is 16.6. The van der Waals surface area contributed by atoms with Crippen molar-refractivity contribution in [3.05, 3.63) is 51.6 Å². The van der Waals surface area contributed by atoms with Crippen molar-refractivity contribution in [2.45, 2.75) is 0 Å². The van der Waals surface area contributed by atoms with E-state index < -0.39 is 4.92 Å². The molecule has 0 saturated carbocycles. The highest BCUT2D eigenvalue weighted by molar-refractivity contribution is 5.91. The van der Waals surface area contributed by atoms with Gasteiger partial charge in [-0.25, -0.2) is 0 Å². The van der Waals surface area contributed by atoms with Crippen LogP contribution in [-0.4, -0.2) is 33.4 Å². The van der Waals surface area contributed by atoms with E-state index in [1.165, 1.54) is 40.6 Å². The van der Waals surface area contributed by atoms with Gasteiger partial charge in [-0.2, -0.15) is 5.26 Å². The van der Waals surface area contributed by atoms with Crippen LogP contribution in [0, 0.1) is 21.4 Å². The molecule has 8 nitrogen and oxygen atoms in total. The molecule has 0 N–H and O–H groups in total. The minimum absolute atomic E-state index is 0.119. The van der Waals surface area contributed by atoms with Crippen LogP contribution in [0.15, 0.2) is 30.3 Å². The summed E-state index contributed by atoms with van der Waals surface area (Å²) in [5.41, 5.74) is 1.01. The predicted octanol–water partition coefficient (Wildman–Crippen LogP) is 3.69. The fourth-order valence-corrected chi connectivity index (χ4v) is 2.53. The summed E-state index contributed by atoms with van der Waals surface area (Å²) >= 11 is 0. The maximum Gasteiger partial charge on any atom is 0.311 e. The lowest BCUT2D eigenvalue weighted by molar-refractivity contribution is -0.385. The second-order valence-electron chi connectivity index (χ2n) is 5.27. The Balaban J connectivity index is 2.59. The molecule has 140 valence electrons. The monoisotopic (exact) mass is 370 g/mol. The molecule has 0 atom stereocenters. The van der Waals surface area contributed by atoms with Gasteiger partial charge in [0, 0.05) is 6.07 Å². The molecule has 0 spiro atoms. The van der Waals surface area contributed by atoms with Crippen molar-refractivity contribution in [1.82, 2.24) is 0 Å².